The van der Waals surface area contributed by atoms with Crippen molar-refractivity contribution in [2.24, 2.45) is 18.9 Å². The Morgan fingerprint density at radius 2 is 2.30 bits per heavy atom. The number of aromatic nitrogens is 3. The third-order valence-electron chi connectivity index (χ3n) is 5.62. The summed E-state index contributed by atoms with van der Waals surface area (Å²) in [4.78, 5) is 30.7. The Labute approximate surface area is 134 Å². The number of aryl methyl sites for hydroxylation is 1. The Kier molecular flexibility index (Phi) is 3.18. The zero-order chi connectivity index (χ0) is 16.4. The minimum Gasteiger partial charge on any atom is -0.369 e. The number of carbonyl (C=O) groups excluding carboxylic acids is 1. The summed E-state index contributed by atoms with van der Waals surface area (Å²) in [7, 11) is 5.69. The molecule has 2 bridgehead atoms. The van der Waals surface area contributed by atoms with Crippen molar-refractivity contribution in [1.82, 2.24) is 24.6 Å². The molecule has 8 heteroatoms. The van der Waals surface area contributed by atoms with E-state index < -0.39 is 0 Å². The standard InChI is InChI=1S/C15H23N5O3/c1-18(2)6-9-10-7-20(8-15(10)5-4-11(9)23-15)13(21)12-16-14(22)19(3)17-12/h9-11H,4-8H2,1-3H3,(H,16,17,22)/t9-,10+,11+,15+/m1/s1. The molecule has 4 atom stereocenters. The van der Waals surface area contributed by atoms with Crippen LogP contribution in [0.3, 0.4) is 0 Å². The highest BCUT2D eigenvalue weighted by Gasteiger charge is 2.63. The van der Waals surface area contributed by atoms with E-state index in [2.05, 4.69) is 29.1 Å². The maximum atomic E-state index is 12.7. The number of amides is 1. The van der Waals surface area contributed by atoms with Gasteiger partial charge in [-0.15, -0.1) is 5.10 Å². The fourth-order valence-corrected chi connectivity index (χ4v) is 4.66. The van der Waals surface area contributed by atoms with Crippen LogP contribution < -0.4 is 5.69 Å². The van der Waals surface area contributed by atoms with Crippen molar-refractivity contribution in [2.75, 3.05) is 33.7 Å². The third-order valence-corrected chi connectivity index (χ3v) is 5.62. The molecular formula is C15H23N5O3. The van der Waals surface area contributed by atoms with Crippen molar-refractivity contribution in [1.29, 1.82) is 0 Å². The SMILES string of the molecule is CN(C)C[C@H]1[C@@H]2CC[C@@]3(CN(C(=O)c4nn(C)c(=O)[nH]4)C[C@@H]13)O2. The minimum atomic E-state index is -0.367. The summed E-state index contributed by atoms with van der Waals surface area (Å²) in [5.41, 5.74) is -0.552. The number of ether oxygens (including phenoxy) is 1. The second kappa shape index (κ2) is 4.91. The molecule has 4 rings (SSSR count). The maximum absolute atomic E-state index is 12.7. The second-order valence-corrected chi connectivity index (χ2v) is 7.38. The van der Waals surface area contributed by atoms with Crippen molar-refractivity contribution >= 4 is 5.91 Å². The van der Waals surface area contributed by atoms with Crippen LogP contribution in [0.15, 0.2) is 4.79 Å². The van der Waals surface area contributed by atoms with Crippen molar-refractivity contribution < 1.29 is 9.53 Å². The first-order chi connectivity index (χ1) is 10.9. The molecule has 1 amide bonds. The van der Waals surface area contributed by atoms with Gasteiger partial charge in [-0.25, -0.2) is 9.48 Å². The molecule has 0 radical (unpaired) electrons. The Morgan fingerprint density at radius 3 is 2.96 bits per heavy atom. The Hall–Kier alpha value is -1.67. The first-order valence-electron chi connectivity index (χ1n) is 8.15. The fourth-order valence-electron chi connectivity index (χ4n) is 4.66. The van der Waals surface area contributed by atoms with Crippen molar-refractivity contribution in [3.05, 3.63) is 16.3 Å². The van der Waals surface area contributed by atoms with Crippen LogP contribution in [0.4, 0.5) is 0 Å². The van der Waals surface area contributed by atoms with Gasteiger partial charge >= 0.3 is 5.69 Å². The van der Waals surface area contributed by atoms with Crippen LogP contribution in [0.25, 0.3) is 0 Å². The molecule has 0 aromatic carbocycles. The molecule has 3 aliphatic heterocycles. The zero-order valence-electron chi connectivity index (χ0n) is 13.8. The van der Waals surface area contributed by atoms with Gasteiger partial charge in [-0.3, -0.25) is 9.78 Å². The van der Waals surface area contributed by atoms with Crippen LogP contribution in [-0.4, -0.2) is 75.9 Å². The minimum absolute atomic E-state index is 0.118. The number of aromatic amines is 1. The number of nitrogens with one attached hydrogen (secondary N) is 1. The molecule has 3 fully saturated rings. The molecule has 4 heterocycles. The smallest absolute Gasteiger partial charge is 0.343 e. The molecular weight excluding hydrogens is 298 g/mol. The Balaban J connectivity index is 1.56. The molecule has 8 nitrogen and oxygen atoms in total. The highest BCUT2D eigenvalue weighted by atomic mass is 16.5. The number of fused-ring (bicyclic) bond motifs is 1. The van der Waals surface area contributed by atoms with Gasteiger partial charge in [0.05, 0.1) is 18.2 Å². The molecule has 126 valence electrons. The van der Waals surface area contributed by atoms with E-state index in [1.165, 1.54) is 7.05 Å². The lowest BCUT2D eigenvalue weighted by Crippen LogP contribution is -2.40. The zero-order valence-corrected chi connectivity index (χ0v) is 13.8. The van der Waals surface area contributed by atoms with E-state index in [0.29, 0.717) is 31.0 Å². The first kappa shape index (κ1) is 14.9. The van der Waals surface area contributed by atoms with Crippen LogP contribution >= 0.6 is 0 Å². The van der Waals surface area contributed by atoms with Crippen molar-refractivity contribution in [2.45, 2.75) is 24.5 Å². The molecule has 0 saturated carbocycles. The maximum Gasteiger partial charge on any atom is 0.343 e. The quantitative estimate of drug-likeness (QED) is 0.795. The number of H-pyrrole nitrogens is 1. The highest BCUT2D eigenvalue weighted by molar-refractivity contribution is 5.90. The molecule has 1 spiro atoms. The van der Waals surface area contributed by atoms with Crippen LogP contribution in [0.2, 0.25) is 0 Å². The van der Waals surface area contributed by atoms with Gasteiger partial charge in [0.15, 0.2) is 0 Å². The number of hydrogen-bond acceptors (Lipinski definition) is 5. The van der Waals surface area contributed by atoms with Gasteiger partial charge in [0, 0.05) is 32.0 Å². The molecule has 23 heavy (non-hydrogen) atoms. The molecule has 0 unspecified atom stereocenters. The first-order valence-corrected chi connectivity index (χ1v) is 8.15. The van der Waals surface area contributed by atoms with Gasteiger partial charge in [0.1, 0.15) is 0 Å². The summed E-state index contributed by atoms with van der Waals surface area (Å²) >= 11 is 0. The van der Waals surface area contributed by atoms with E-state index >= 15 is 0 Å². The van der Waals surface area contributed by atoms with E-state index in [1.54, 1.807) is 4.90 Å². The number of nitrogens with zero attached hydrogens (tertiary/aromatic N) is 4. The van der Waals surface area contributed by atoms with E-state index in [1.807, 2.05) is 0 Å². The van der Waals surface area contributed by atoms with Gasteiger partial charge in [-0.05, 0) is 26.9 Å². The number of likely N-dealkylation sites (tertiary alicyclic amines) is 1. The van der Waals surface area contributed by atoms with Crippen molar-refractivity contribution in [3.63, 3.8) is 0 Å². The number of hydrogen-bond donors (Lipinski definition) is 1. The third kappa shape index (κ3) is 2.15. The molecule has 1 aromatic rings. The van der Waals surface area contributed by atoms with E-state index in [4.69, 9.17) is 4.74 Å². The van der Waals surface area contributed by atoms with Gasteiger partial charge in [-0.1, -0.05) is 0 Å². The largest absolute Gasteiger partial charge is 0.369 e. The van der Waals surface area contributed by atoms with Crippen LogP contribution in [0.1, 0.15) is 23.5 Å². The van der Waals surface area contributed by atoms with E-state index in [0.717, 1.165) is 24.1 Å². The lowest BCUT2D eigenvalue weighted by molar-refractivity contribution is 0.00243. The summed E-state index contributed by atoms with van der Waals surface area (Å²) in [6.45, 7) is 2.28. The predicted molar refractivity (Wildman–Crippen MR) is 82.1 cm³/mol. The number of carbonyl (C=O) groups is 1. The summed E-state index contributed by atoms with van der Waals surface area (Å²) in [5, 5.41) is 3.98. The Morgan fingerprint density at radius 1 is 1.52 bits per heavy atom. The lowest BCUT2D eigenvalue weighted by atomic mass is 9.73. The molecule has 3 saturated heterocycles. The highest BCUT2D eigenvalue weighted by Crippen LogP contribution is 2.54. The van der Waals surface area contributed by atoms with Crippen LogP contribution in [0, 0.1) is 11.8 Å². The van der Waals surface area contributed by atoms with Gasteiger partial charge in [0.2, 0.25) is 5.82 Å². The van der Waals surface area contributed by atoms with Gasteiger partial charge in [0.25, 0.3) is 5.91 Å². The van der Waals surface area contributed by atoms with Gasteiger partial charge in [-0.2, -0.15) is 0 Å². The topological polar surface area (TPSA) is 83.5 Å². The fraction of sp³-hybridized carbons (Fsp3) is 0.800. The summed E-state index contributed by atoms with van der Waals surface area (Å²) in [6.07, 6.45) is 2.43. The molecule has 1 aromatic heterocycles. The average Bonchev–Trinajstić information content (AvgIpc) is 3.20. The second-order valence-electron chi connectivity index (χ2n) is 7.38. The molecule has 3 aliphatic rings. The van der Waals surface area contributed by atoms with Crippen LogP contribution in [0.5, 0.6) is 0 Å². The van der Waals surface area contributed by atoms with E-state index in [9.17, 15) is 9.59 Å². The summed E-state index contributed by atoms with van der Waals surface area (Å²) in [5.74, 6) is 0.761. The van der Waals surface area contributed by atoms with Gasteiger partial charge < -0.3 is 14.5 Å². The lowest BCUT2D eigenvalue weighted by Gasteiger charge is -2.30. The summed E-state index contributed by atoms with van der Waals surface area (Å²) in [6, 6.07) is 0. The number of rotatable bonds is 3. The average molecular weight is 321 g/mol. The molecule has 1 N–H and O–H groups in total. The van der Waals surface area contributed by atoms with E-state index in [-0.39, 0.29) is 23.0 Å². The summed E-state index contributed by atoms with van der Waals surface area (Å²) < 4.78 is 7.48. The molecule has 0 aliphatic carbocycles. The monoisotopic (exact) mass is 321 g/mol. The van der Waals surface area contributed by atoms with Crippen molar-refractivity contribution in [3.8, 4) is 0 Å². The predicted octanol–water partition coefficient (Wildman–Crippen LogP) is -0.710. The van der Waals surface area contributed by atoms with Crippen LogP contribution in [-0.2, 0) is 11.8 Å². The normalized spacial score (nSPS) is 35.3. The Bertz CT molecular complexity index is 696.